The van der Waals surface area contributed by atoms with E-state index in [1.807, 2.05) is 0 Å². The van der Waals surface area contributed by atoms with E-state index in [4.69, 9.17) is 18.9 Å². The Morgan fingerprint density at radius 2 is 1.18 bits per heavy atom. The summed E-state index contributed by atoms with van der Waals surface area (Å²) in [5.41, 5.74) is 0.226. The van der Waals surface area contributed by atoms with Crippen molar-refractivity contribution in [3.8, 4) is 0 Å². The number of esters is 4. The molecule has 2 atom stereocenters. The normalized spacial score (nSPS) is 30.2. The quantitative estimate of drug-likeness (QED) is 0.694. The van der Waals surface area contributed by atoms with Crippen molar-refractivity contribution < 1.29 is 38.1 Å². The molecule has 22 heavy (non-hydrogen) atoms. The highest BCUT2D eigenvalue weighted by atomic mass is 16.8. The van der Waals surface area contributed by atoms with Gasteiger partial charge >= 0.3 is 35.5 Å². The molecule has 2 rings (SSSR count). The van der Waals surface area contributed by atoms with Gasteiger partial charge in [-0.1, -0.05) is 0 Å². The van der Waals surface area contributed by atoms with Gasteiger partial charge in [-0.3, -0.25) is 9.59 Å². The number of ether oxygens (including phenoxy) is 4. The third-order valence-electron chi connectivity index (χ3n) is 3.02. The first kappa shape index (κ1) is 15.7. The molecular formula is C14H14O8. The third kappa shape index (κ3) is 2.36. The average Bonchev–Trinajstić information content (AvgIpc) is 2.78. The summed E-state index contributed by atoms with van der Waals surface area (Å²) < 4.78 is 20.3. The van der Waals surface area contributed by atoms with Crippen molar-refractivity contribution in [1.29, 1.82) is 0 Å². The fraction of sp³-hybridized carbons (Fsp3) is 0.429. The lowest BCUT2D eigenvalue weighted by atomic mass is 10.0. The monoisotopic (exact) mass is 310 g/mol. The lowest BCUT2D eigenvalue weighted by Crippen LogP contribution is -2.58. The molecule has 2 unspecified atom stereocenters. The Morgan fingerprint density at radius 1 is 0.864 bits per heavy atom. The molecule has 0 bridgehead atoms. The summed E-state index contributed by atoms with van der Waals surface area (Å²) >= 11 is 0. The summed E-state index contributed by atoms with van der Waals surface area (Å²) in [5.74, 6) is -7.61. The van der Waals surface area contributed by atoms with Gasteiger partial charge in [0.1, 0.15) is 0 Å². The SMILES string of the molecule is CC(=O)OC1(C2(OC(C)=O)C=C(C)C(=O)O2)C=C(C)C(=O)O1. The van der Waals surface area contributed by atoms with Gasteiger partial charge in [0.2, 0.25) is 0 Å². The van der Waals surface area contributed by atoms with Crippen LogP contribution in [0.2, 0.25) is 0 Å². The van der Waals surface area contributed by atoms with Gasteiger partial charge in [-0.25, -0.2) is 9.59 Å². The minimum absolute atomic E-state index is 0.113. The predicted molar refractivity (Wildman–Crippen MR) is 68.7 cm³/mol. The highest BCUT2D eigenvalue weighted by Crippen LogP contribution is 2.44. The molecule has 0 aromatic carbocycles. The van der Waals surface area contributed by atoms with Gasteiger partial charge in [-0.15, -0.1) is 0 Å². The van der Waals surface area contributed by atoms with Crippen LogP contribution >= 0.6 is 0 Å². The van der Waals surface area contributed by atoms with Gasteiger partial charge in [0.25, 0.3) is 0 Å². The maximum Gasteiger partial charge on any atom is 0.360 e. The molecule has 8 nitrogen and oxygen atoms in total. The van der Waals surface area contributed by atoms with Crippen molar-refractivity contribution in [1.82, 2.24) is 0 Å². The van der Waals surface area contributed by atoms with E-state index in [1.165, 1.54) is 13.8 Å². The Labute approximate surface area is 125 Å². The molecule has 0 aromatic heterocycles. The Bertz CT molecular complexity index is 587. The minimum Gasteiger partial charge on any atom is -0.411 e. The first-order valence-electron chi connectivity index (χ1n) is 6.35. The number of cyclic esters (lactones) is 2. The largest absolute Gasteiger partial charge is 0.411 e. The van der Waals surface area contributed by atoms with E-state index in [2.05, 4.69) is 0 Å². The molecular weight excluding hydrogens is 296 g/mol. The fourth-order valence-corrected chi connectivity index (χ4v) is 2.20. The van der Waals surface area contributed by atoms with E-state index in [1.54, 1.807) is 0 Å². The molecule has 2 aliphatic rings. The van der Waals surface area contributed by atoms with Gasteiger partial charge in [0.15, 0.2) is 0 Å². The van der Waals surface area contributed by atoms with Crippen LogP contribution in [0.4, 0.5) is 0 Å². The summed E-state index contributed by atoms with van der Waals surface area (Å²) in [6, 6.07) is 0. The summed E-state index contributed by atoms with van der Waals surface area (Å²) in [4.78, 5) is 46.3. The molecule has 0 fully saturated rings. The van der Waals surface area contributed by atoms with Crippen molar-refractivity contribution in [2.75, 3.05) is 0 Å². The van der Waals surface area contributed by atoms with Crippen LogP contribution in [0.1, 0.15) is 27.7 Å². The first-order valence-corrected chi connectivity index (χ1v) is 6.35. The zero-order chi connectivity index (χ0) is 16.7. The lowest BCUT2D eigenvalue weighted by molar-refractivity contribution is -0.316. The number of carbonyl (C=O) groups excluding carboxylic acids is 4. The molecule has 0 saturated heterocycles. The van der Waals surface area contributed by atoms with Crippen LogP contribution in [-0.2, 0) is 38.1 Å². The zero-order valence-electron chi connectivity index (χ0n) is 12.4. The second-order valence-electron chi connectivity index (χ2n) is 4.96. The standard InChI is InChI=1S/C14H14O8/c1-7-5-13(19-9(3)15,21-11(7)17)14(20-10(4)16)6-8(2)12(18)22-14/h5-6H,1-4H3. The van der Waals surface area contributed by atoms with Gasteiger partial charge < -0.3 is 18.9 Å². The van der Waals surface area contributed by atoms with Crippen LogP contribution in [0, 0.1) is 0 Å². The number of hydrogen-bond acceptors (Lipinski definition) is 8. The van der Waals surface area contributed by atoms with E-state index in [9.17, 15) is 19.2 Å². The Balaban J connectivity index is 2.61. The highest BCUT2D eigenvalue weighted by molar-refractivity contribution is 5.94. The number of carbonyl (C=O) groups is 4. The average molecular weight is 310 g/mol. The molecule has 2 heterocycles. The zero-order valence-corrected chi connectivity index (χ0v) is 12.4. The smallest absolute Gasteiger partial charge is 0.360 e. The Hall–Kier alpha value is -2.64. The summed E-state index contributed by atoms with van der Waals surface area (Å²) in [6.45, 7) is 4.99. The Kier molecular flexibility index (Phi) is 3.56. The molecule has 0 N–H and O–H groups in total. The summed E-state index contributed by atoms with van der Waals surface area (Å²) in [7, 11) is 0. The summed E-state index contributed by atoms with van der Waals surface area (Å²) in [5, 5.41) is 0. The predicted octanol–water partition coefficient (Wildman–Crippen LogP) is 0.511. The third-order valence-corrected chi connectivity index (χ3v) is 3.02. The van der Waals surface area contributed by atoms with E-state index < -0.39 is 35.5 Å². The minimum atomic E-state index is -2.20. The van der Waals surface area contributed by atoms with Crippen LogP contribution in [0.25, 0.3) is 0 Å². The van der Waals surface area contributed by atoms with Crippen molar-refractivity contribution in [2.45, 2.75) is 39.3 Å². The molecule has 0 spiro atoms. The second kappa shape index (κ2) is 4.97. The fourth-order valence-electron chi connectivity index (χ4n) is 2.20. The molecule has 118 valence electrons. The van der Waals surface area contributed by atoms with Crippen LogP contribution < -0.4 is 0 Å². The molecule has 2 aliphatic heterocycles. The van der Waals surface area contributed by atoms with Crippen molar-refractivity contribution in [2.24, 2.45) is 0 Å². The van der Waals surface area contributed by atoms with E-state index in [0.29, 0.717) is 0 Å². The van der Waals surface area contributed by atoms with Crippen LogP contribution in [0.3, 0.4) is 0 Å². The van der Waals surface area contributed by atoms with E-state index in [0.717, 1.165) is 26.0 Å². The van der Waals surface area contributed by atoms with Gasteiger partial charge in [-0.2, -0.15) is 0 Å². The number of rotatable bonds is 3. The maximum atomic E-state index is 11.7. The van der Waals surface area contributed by atoms with E-state index in [-0.39, 0.29) is 11.1 Å². The van der Waals surface area contributed by atoms with Gasteiger partial charge in [-0.05, 0) is 13.8 Å². The van der Waals surface area contributed by atoms with E-state index >= 15 is 0 Å². The second-order valence-corrected chi connectivity index (χ2v) is 4.96. The maximum absolute atomic E-state index is 11.7. The summed E-state index contributed by atoms with van der Waals surface area (Å²) in [6.07, 6.45) is 2.28. The van der Waals surface area contributed by atoms with Crippen LogP contribution in [-0.4, -0.2) is 35.5 Å². The van der Waals surface area contributed by atoms with Gasteiger partial charge in [0, 0.05) is 37.1 Å². The van der Waals surface area contributed by atoms with Crippen LogP contribution in [0.15, 0.2) is 23.3 Å². The molecule has 0 aliphatic carbocycles. The van der Waals surface area contributed by atoms with Crippen molar-refractivity contribution in [3.63, 3.8) is 0 Å². The van der Waals surface area contributed by atoms with Gasteiger partial charge in [0.05, 0.1) is 0 Å². The number of hydrogen-bond donors (Lipinski definition) is 0. The topological polar surface area (TPSA) is 105 Å². The first-order chi connectivity index (χ1) is 10.1. The molecule has 0 aromatic rings. The molecule has 0 radical (unpaired) electrons. The molecule has 0 saturated carbocycles. The Morgan fingerprint density at radius 3 is 1.36 bits per heavy atom. The lowest BCUT2D eigenvalue weighted by Gasteiger charge is -2.37. The highest BCUT2D eigenvalue weighted by Gasteiger charge is 2.67. The van der Waals surface area contributed by atoms with Crippen molar-refractivity contribution >= 4 is 23.9 Å². The van der Waals surface area contributed by atoms with Crippen LogP contribution in [0.5, 0.6) is 0 Å². The molecule has 0 amide bonds. The molecule has 8 heteroatoms. The van der Waals surface area contributed by atoms with Crippen molar-refractivity contribution in [3.05, 3.63) is 23.3 Å².